The Labute approximate surface area is 557 Å². The van der Waals surface area contributed by atoms with E-state index in [4.69, 9.17) is 0 Å². The molecule has 4 unspecified atom stereocenters. The fourth-order valence-electron chi connectivity index (χ4n) is 15.1. The minimum absolute atomic E-state index is 0. The van der Waals surface area contributed by atoms with E-state index in [1.165, 1.54) is 379 Å². The number of halogens is 4. The first-order chi connectivity index (χ1) is 40.8. The number of quaternary nitrogens is 4. The van der Waals surface area contributed by atoms with E-state index in [9.17, 15) is 0 Å². The minimum atomic E-state index is 0. The summed E-state index contributed by atoms with van der Waals surface area (Å²) in [5.41, 5.74) is 0. The predicted octanol–water partition coefficient (Wildman–Crippen LogP) is 14.3. The first kappa shape index (κ1) is 104. The highest BCUT2D eigenvalue weighted by atomic mass is 19.0. The van der Waals surface area contributed by atoms with Gasteiger partial charge in [0.05, 0.1) is 103 Å². The van der Waals surface area contributed by atoms with E-state index in [0.29, 0.717) is 0 Å². The number of hydrogen-bond donors (Lipinski definition) is 0. The molecule has 0 saturated carbocycles. The molecule has 0 aromatic heterocycles. The summed E-state index contributed by atoms with van der Waals surface area (Å²) in [4.78, 5) is 0. The third-order valence-electron chi connectivity index (χ3n) is 20.6. The maximum absolute atomic E-state index is 2.38. The van der Waals surface area contributed by atoms with Crippen molar-refractivity contribution in [3.8, 4) is 0 Å². The molecule has 0 fully saturated rings. The summed E-state index contributed by atoms with van der Waals surface area (Å²) in [6.07, 6.45) is 61.4. The number of unbranched alkanes of at least 4 members (excludes halogenated alkanes) is 16. The summed E-state index contributed by atoms with van der Waals surface area (Å²) >= 11 is 0. The van der Waals surface area contributed by atoms with Gasteiger partial charge in [0.2, 0.25) is 0 Å². The Morgan fingerprint density at radius 3 is 0.318 bits per heavy atom. The van der Waals surface area contributed by atoms with Crippen molar-refractivity contribution in [3.05, 3.63) is 0 Å². The maximum atomic E-state index is 2.38. The van der Waals surface area contributed by atoms with E-state index in [2.05, 4.69) is 138 Å². The Balaban J connectivity index is -0.000000159. The molecule has 0 aliphatic carbocycles. The average molecular weight is 1270 g/mol. The normalized spacial score (nSPS) is 13.0. The summed E-state index contributed by atoms with van der Waals surface area (Å²) in [6, 6.07) is 3.72. The monoisotopic (exact) mass is 1270 g/mol. The van der Waals surface area contributed by atoms with Crippen LogP contribution in [0.25, 0.3) is 0 Å². The lowest BCUT2D eigenvalue weighted by molar-refractivity contribution is -0.952. The molecule has 4 atom stereocenters. The standard InChI is InChI=1S/4C20H44N.4FH/c4*1-6-11-16-20(15-10-5)21(17-12-7-2,18-13-8-3)19-14-9-4;;;;/h4*20H,6-19H2,1-5H3;4*1H/q4*+1;;;;/p-4. The molecule has 0 aliphatic heterocycles. The van der Waals surface area contributed by atoms with Gasteiger partial charge in [-0.1, -0.05) is 267 Å². The van der Waals surface area contributed by atoms with E-state index in [1.807, 2.05) is 0 Å². The van der Waals surface area contributed by atoms with Gasteiger partial charge in [-0.2, -0.15) is 0 Å². The fraction of sp³-hybridized carbons (Fsp3) is 1.00. The molecule has 0 spiro atoms. The first-order valence-electron chi connectivity index (χ1n) is 40.2. The molecule has 8 heteroatoms. The van der Waals surface area contributed by atoms with Crippen molar-refractivity contribution in [1.29, 1.82) is 0 Å². The van der Waals surface area contributed by atoms with Gasteiger partial charge >= 0.3 is 0 Å². The number of nitrogens with zero attached hydrogens (tertiary/aromatic N) is 4. The van der Waals surface area contributed by atoms with Gasteiger partial charge in [0.15, 0.2) is 0 Å². The molecule has 0 rings (SSSR count). The summed E-state index contributed by atoms with van der Waals surface area (Å²) < 4.78 is 5.79. The van der Waals surface area contributed by atoms with Crippen molar-refractivity contribution in [1.82, 2.24) is 0 Å². The van der Waals surface area contributed by atoms with Crippen LogP contribution in [-0.2, 0) is 0 Å². The summed E-state index contributed by atoms with van der Waals surface area (Å²) in [7, 11) is 0. The van der Waals surface area contributed by atoms with E-state index in [-0.39, 0.29) is 18.8 Å². The second-order valence-electron chi connectivity index (χ2n) is 28.1. The van der Waals surface area contributed by atoms with Gasteiger partial charge in [-0.25, -0.2) is 0 Å². The third-order valence-corrected chi connectivity index (χ3v) is 20.6. The molecule has 0 bridgehead atoms. The van der Waals surface area contributed by atoms with E-state index >= 15 is 0 Å². The van der Waals surface area contributed by atoms with Crippen molar-refractivity contribution < 1.29 is 36.7 Å². The van der Waals surface area contributed by atoms with Crippen LogP contribution < -0.4 is 18.8 Å². The van der Waals surface area contributed by atoms with Gasteiger partial charge in [0.25, 0.3) is 0 Å². The minimum Gasteiger partial charge on any atom is -1.00 e. The molecule has 0 saturated heterocycles. The lowest BCUT2D eigenvalue weighted by atomic mass is 9.97. The number of hydrogen-bond acceptors (Lipinski definition) is 0. The second-order valence-corrected chi connectivity index (χ2v) is 28.1. The Kier molecular flexibility index (Phi) is 89.0. The zero-order valence-electron chi connectivity index (χ0n) is 65.2. The van der Waals surface area contributed by atoms with Crippen LogP contribution in [0.3, 0.4) is 0 Å². The Morgan fingerprint density at radius 2 is 0.239 bits per heavy atom. The molecule has 544 valence electrons. The van der Waals surface area contributed by atoms with Crippen molar-refractivity contribution in [2.75, 3.05) is 78.5 Å². The van der Waals surface area contributed by atoms with E-state index in [0.717, 1.165) is 24.2 Å². The van der Waals surface area contributed by atoms with Crippen LogP contribution >= 0.6 is 0 Å². The highest BCUT2D eigenvalue weighted by Gasteiger charge is 2.38. The average Bonchev–Trinajstić information content (AvgIpc) is 3.39. The summed E-state index contributed by atoms with van der Waals surface area (Å²) in [5, 5.41) is 0. The maximum Gasteiger partial charge on any atom is 0.0890 e. The van der Waals surface area contributed by atoms with Crippen molar-refractivity contribution in [3.63, 3.8) is 0 Å². The van der Waals surface area contributed by atoms with Gasteiger partial charge in [-0.05, 0) is 154 Å². The largest absolute Gasteiger partial charge is 1.00 e. The Bertz CT molecular complexity index is 968. The zero-order valence-corrected chi connectivity index (χ0v) is 65.2. The summed E-state index contributed by atoms with van der Waals surface area (Å²) in [5.74, 6) is 0. The van der Waals surface area contributed by atoms with E-state index < -0.39 is 0 Å². The lowest BCUT2D eigenvalue weighted by Crippen LogP contribution is -3.00. The van der Waals surface area contributed by atoms with Gasteiger partial charge < -0.3 is 36.7 Å². The first-order valence-corrected chi connectivity index (χ1v) is 40.2. The Morgan fingerprint density at radius 1 is 0.136 bits per heavy atom. The predicted molar refractivity (Wildman–Crippen MR) is 391 cm³/mol. The molecule has 88 heavy (non-hydrogen) atoms. The fourth-order valence-corrected chi connectivity index (χ4v) is 15.1. The molecular formula is C80H176F4N4. The molecule has 0 aliphatic rings. The quantitative estimate of drug-likeness (QED) is 0.0421. The number of rotatable bonds is 60. The molecule has 0 N–H and O–H groups in total. The van der Waals surface area contributed by atoms with Crippen LogP contribution in [0.1, 0.15) is 421 Å². The molecule has 0 aromatic carbocycles. The van der Waals surface area contributed by atoms with Gasteiger partial charge in [-0.15, -0.1) is 0 Å². The SMILES string of the molecule is CCCCC(CCC)[N+](CCCC)(CCCC)CCCC.CCCCC(CCC)[N+](CCCC)(CCCC)CCCC.CCCCC(CCC)[N+](CCCC)(CCCC)CCCC.CCCCC(CCC)[N+](CCCC)(CCCC)CCCC.[F-].[F-].[F-].[F-]. The highest BCUT2D eigenvalue weighted by molar-refractivity contribution is 4.68. The molecule has 4 nitrogen and oxygen atoms in total. The topological polar surface area (TPSA) is 0 Å². The zero-order chi connectivity index (χ0) is 63.9. The van der Waals surface area contributed by atoms with Crippen molar-refractivity contribution in [2.45, 2.75) is 445 Å². The smallest absolute Gasteiger partial charge is 0.0890 e. The van der Waals surface area contributed by atoms with Gasteiger partial charge in [-0.3, -0.25) is 0 Å². The van der Waals surface area contributed by atoms with Gasteiger partial charge in [0, 0.05) is 0 Å². The summed E-state index contributed by atoms with van der Waals surface area (Å²) in [6.45, 7) is 64.4. The van der Waals surface area contributed by atoms with Crippen LogP contribution in [0, 0.1) is 0 Å². The molecule has 0 amide bonds. The molecular weight excluding hydrogens is 1090 g/mol. The Hall–Kier alpha value is -0.440. The van der Waals surface area contributed by atoms with Crippen LogP contribution in [0.4, 0.5) is 0 Å². The van der Waals surface area contributed by atoms with Crippen LogP contribution in [0.5, 0.6) is 0 Å². The molecule has 0 aromatic rings. The van der Waals surface area contributed by atoms with Crippen LogP contribution in [0.15, 0.2) is 0 Å². The van der Waals surface area contributed by atoms with Crippen LogP contribution in [0.2, 0.25) is 0 Å². The second kappa shape index (κ2) is 75.6. The van der Waals surface area contributed by atoms with Gasteiger partial charge in [0.1, 0.15) is 0 Å². The van der Waals surface area contributed by atoms with Crippen molar-refractivity contribution in [2.24, 2.45) is 0 Å². The lowest BCUT2D eigenvalue weighted by Gasteiger charge is -2.46. The molecule has 0 radical (unpaired) electrons. The highest BCUT2D eigenvalue weighted by Crippen LogP contribution is 2.31. The molecule has 0 heterocycles. The van der Waals surface area contributed by atoms with E-state index in [1.54, 1.807) is 0 Å². The van der Waals surface area contributed by atoms with Crippen LogP contribution in [-0.4, -0.2) is 121 Å². The third kappa shape index (κ3) is 49.2. The van der Waals surface area contributed by atoms with Crippen molar-refractivity contribution >= 4 is 0 Å².